The van der Waals surface area contributed by atoms with Gasteiger partial charge in [-0.15, -0.1) is 0 Å². The summed E-state index contributed by atoms with van der Waals surface area (Å²) in [7, 11) is 0. The molecular formula is C19H23ClN2O. The van der Waals surface area contributed by atoms with E-state index in [1.165, 1.54) is 0 Å². The number of carbonyl (C=O) groups excluding carboxylic acids is 1. The molecule has 0 aliphatic rings. The van der Waals surface area contributed by atoms with Crippen molar-refractivity contribution >= 4 is 17.5 Å². The van der Waals surface area contributed by atoms with Crippen molar-refractivity contribution in [3.05, 3.63) is 70.7 Å². The van der Waals surface area contributed by atoms with Crippen LogP contribution in [0.5, 0.6) is 0 Å². The third-order valence-electron chi connectivity index (χ3n) is 4.14. The topological polar surface area (TPSA) is 55.1 Å². The Balaban J connectivity index is 2.11. The number of nitrogens with two attached hydrogens (primary N) is 1. The zero-order chi connectivity index (χ0) is 17.1. The second-order valence-corrected chi connectivity index (χ2v) is 7.02. The van der Waals surface area contributed by atoms with Gasteiger partial charge in [0.1, 0.15) is 5.54 Å². The van der Waals surface area contributed by atoms with Gasteiger partial charge in [-0.1, -0.05) is 74.0 Å². The van der Waals surface area contributed by atoms with Crippen molar-refractivity contribution in [2.45, 2.75) is 31.7 Å². The Bertz CT molecular complexity index is 681. The highest BCUT2D eigenvalue weighted by atomic mass is 35.5. The van der Waals surface area contributed by atoms with Gasteiger partial charge in [0.05, 0.1) is 0 Å². The summed E-state index contributed by atoms with van der Waals surface area (Å²) in [6.45, 7) is 6.27. The van der Waals surface area contributed by atoms with Crippen molar-refractivity contribution in [2.24, 2.45) is 5.73 Å². The molecule has 23 heavy (non-hydrogen) atoms. The van der Waals surface area contributed by atoms with E-state index in [1.807, 2.05) is 68.4 Å². The maximum atomic E-state index is 12.6. The lowest BCUT2D eigenvalue weighted by molar-refractivity contribution is -0.126. The fraction of sp³-hybridized carbons (Fsp3) is 0.316. The summed E-state index contributed by atoms with van der Waals surface area (Å²) < 4.78 is 0. The smallest absolute Gasteiger partial charge is 0.244 e. The van der Waals surface area contributed by atoms with E-state index in [1.54, 1.807) is 6.92 Å². The third kappa shape index (κ3) is 3.92. The number of rotatable bonds is 5. The maximum Gasteiger partial charge on any atom is 0.244 e. The van der Waals surface area contributed by atoms with Crippen LogP contribution in [-0.2, 0) is 15.7 Å². The van der Waals surface area contributed by atoms with E-state index in [9.17, 15) is 4.79 Å². The Kier molecular flexibility index (Phi) is 5.12. The molecule has 0 radical (unpaired) electrons. The molecule has 0 fully saturated rings. The summed E-state index contributed by atoms with van der Waals surface area (Å²) in [6.07, 6.45) is 0. The summed E-state index contributed by atoms with van der Waals surface area (Å²) >= 11 is 6.27. The van der Waals surface area contributed by atoms with E-state index in [2.05, 4.69) is 5.32 Å². The van der Waals surface area contributed by atoms with E-state index in [-0.39, 0.29) is 11.3 Å². The van der Waals surface area contributed by atoms with E-state index >= 15 is 0 Å². The first-order chi connectivity index (χ1) is 10.7. The second kappa shape index (κ2) is 6.73. The summed E-state index contributed by atoms with van der Waals surface area (Å²) in [6, 6.07) is 17.1. The zero-order valence-electron chi connectivity index (χ0n) is 13.8. The average molecular weight is 331 g/mol. The van der Waals surface area contributed by atoms with Crippen molar-refractivity contribution in [1.82, 2.24) is 5.32 Å². The molecule has 0 saturated carbocycles. The van der Waals surface area contributed by atoms with Gasteiger partial charge in [0.15, 0.2) is 0 Å². The van der Waals surface area contributed by atoms with Crippen LogP contribution in [0.3, 0.4) is 0 Å². The molecule has 0 aliphatic heterocycles. The van der Waals surface area contributed by atoms with Crippen molar-refractivity contribution in [3.63, 3.8) is 0 Å². The van der Waals surface area contributed by atoms with Crippen LogP contribution >= 0.6 is 11.6 Å². The summed E-state index contributed by atoms with van der Waals surface area (Å²) in [5.41, 5.74) is 6.66. The van der Waals surface area contributed by atoms with Crippen molar-refractivity contribution in [2.75, 3.05) is 6.54 Å². The van der Waals surface area contributed by atoms with Gasteiger partial charge in [-0.25, -0.2) is 0 Å². The Morgan fingerprint density at radius 1 is 1.04 bits per heavy atom. The molecule has 0 saturated heterocycles. The van der Waals surface area contributed by atoms with Crippen LogP contribution in [0.1, 0.15) is 31.9 Å². The molecular weight excluding hydrogens is 308 g/mol. The average Bonchev–Trinajstić information content (AvgIpc) is 2.53. The van der Waals surface area contributed by atoms with Crippen molar-refractivity contribution < 1.29 is 4.79 Å². The molecule has 2 aromatic rings. The van der Waals surface area contributed by atoms with Crippen LogP contribution in [0, 0.1) is 0 Å². The molecule has 3 N–H and O–H groups in total. The van der Waals surface area contributed by atoms with Gasteiger partial charge in [0.25, 0.3) is 0 Å². The number of benzene rings is 2. The van der Waals surface area contributed by atoms with Crippen LogP contribution in [0.2, 0.25) is 5.02 Å². The van der Waals surface area contributed by atoms with Gasteiger partial charge in [0.2, 0.25) is 5.91 Å². The number of nitrogens with one attached hydrogen (secondary N) is 1. The van der Waals surface area contributed by atoms with Gasteiger partial charge < -0.3 is 11.1 Å². The molecule has 4 heteroatoms. The van der Waals surface area contributed by atoms with Gasteiger partial charge in [0, 0.05) is 17.0 Å². The Hall–Kier alpha value is -1.84. The maximum absolute atomic E-state index is 12.6. The second-order valence-electron chi connectivity index (χ2n) is 6.61. The van der Waals surface area contributed by atoms with E-state index in [0.717, 1.165) is 11.1 Å². The van der Waals surface area contributed by atoms with Crippen LogP contribution in [0.4, 0.5) is 0 Å². The zero-order valence-corrected chi connectivity index (χ0v) is 14.5. The Morgan fingerprint density at radius 2 is 1.61 bits per heavy atom. The quantitative estimate of drug-likeness (QED) is 0.880. The van der Waals surface area contributed by atoms with Gasteiger partial charge in [-0.05, 0) is 24.1 Å². The molecule has 2 aromatic carbocycles. The molecule has 1 unspecified atom stereocenters. The molecule has 2 rings (SSSR count). The van der Waals surface area contributed by atoms with Crippen LogP contribution in [0.15, 0.2) is 54.6 Å². The monoisotopic (exact) mass is 330 g/mol. The molecule has 1 atom stereocenters. The largest absolute Gasteiger partial charge is 0.353 e. The Morgan fingerprint density at radius 3 is 2.22 bits per heavy atom. The van der Waals surface area contributed by atoms with E-state index < -0.39 is 5.54 Å². The van der Waals surface area contributed by atoms with Crippen LogP contribution < -0.4 is 11.1 Å². The van der Waals surface area contributed by atoms with E-state index in [0.29, 0.717) is 11.6 Å². The number of carbonyl (C=O) groups is 1. The van der Waals surface area contributed by atoms with Crippen LogP contribution in [-0.4, -0.2) is 12.5 Å². The van der Waals surface area contributed by atoms with Crippen molar-refractivity contribution in [1.29, 1.82) is 0 Å². The molecule has 0 bridgehead atoms. The standard InChI is InChI=1S/C19H23ClN2O/c1-18(2,15-11-7-8-12-16(15)20)13-22-17(23)19(3,21)14-9-5-4-6-10-14/h4-12H,13,21H2,1-3H3,(H,22,23). The number of halogens is 1. The minimum atomic E-state index is -1.07. The molecule has 0 spiro atoms. The fourth-order valence-corrected chi connectivity index (χ4v) is 2.90. The highest BCUT2D eigenvalue weighted by Crippen LogP contribution is 2.29. The summed E-state index contributed by atoms with van der Waals surface area (Å²) in [4.78, 5) is 12.6. The normalized spacial score (nSPS) is 14.1. The number of hydrogen-bond donors (Lipinski definition) is 2. The molecule has 0 aromatic heterocycles. The minimum Gasteiger partial charge on any atom is -0.353 e. The molecule has 0 heterocycles. The highest BCUT2D eigenvalue weighted by Gasteiger charge is 2.32. The lowest BCUT2D eigenvalue weighted by Crippen LogP contribution is -2.51. The molecule has 3 nitrogen and oxygen atoms in total. The number of hydrogen-bond acceptors (Lipinski definition) is 2. The van der Waals surface area contributed by atoms with Crippen molar-refractivity contribution in [3.8, 4) is 0 Å². The Labute approximate surface area is 142 Å². The molecule has 0 aliphatic carbocycles. The first-order valence-electron chi connectivity index (χ1n) is 7.63. The summed E-state index contributed by atoms with van der Waals surface area (Å²) in [5.74, 6) is -0.205. The third-order valence-corrected chi connectivity index (χ3v) is 4.47. The lowest BCUT2D eigenvalue weighted by atomic mass is 9.84. The minimum absolute atomic E-state index is 0.205. The lowest BCUT2D eigenvalue weighted by Gasteiger charge is -2.30. The predicted octanol–water partition coefficient (Wildman–Crippen LogP) is 3.61. The molecule has 122 valence electrons. The highest BCUT2D eigenvalue weighted by molar-refractivity contribution is 6.31. The first-order valence-corrected chi connectivity index (χ1v) is 8.00. The fourth-order valence-electron chi connectivity index (χ4n) is 2.51. The SMILES string of the molecule is CC(C)(CNC(=O)C(C)(N)c1ccccc1)c1ccccc1Cl. The van der Waals surface area contributed by atoms with Gasteiger partial charge in [-0.3, -0.25) is 4.79 Å². The molecule has 1 amide bonds. The van der Waals surface area contributed by atoms with Gasteiger partial charge >= 0.3 is 0 Å². The van der Waals surface area contributed by atoms with E-state index in [4.69, 9.17) is 17.3 Å². The van der Waals surface area contributed by atoms with Gasteiger partial charge in [-0.2, -0.15) is 0 Å². The predicted molar refractivity (Wildman–Crippen MR) is 95.5 cm³/mol. The number of amides is 1. The summed E-state index contributed by atoms with van der Waals surface area (Å²) in [5, 5.41) is 3.66. The van der Waals surface area contributed by atoms with Crippen LogP contribution in [0.25, 0.3) is 0 Å². The first kappa shape index (κ1) is 17.5.